The van der Waals surface area contributed by atoms with E-state index in [9.17, 15) is 4.79 Å². The third kappa shape index (κ3) is 1.05. The maximum absolute atomic E-state index is 11.2. The van der Waals surface area contributed by atoms with Gasteiger partial charge in [-0.05, 0) is 29.5 Å². The van der Waals surface area contributed by atoms with Gasteiger partial charge in [0.25, 0.3) is 0 Å². The third-order valence-electron chi connectivity index (χ3n) is 3.19. The monoisotopic (exact) mass is 251 g/mol. The van der Waals surface area contributed by atoms with E-state index in [2.05, 4.69) is 33.4 Å². The Kier molecular flexibility index (Phi) is 1.71. The zero-order chi connectivity index (χ0) is 9.71. The predicted octanol–water partition coefficient (Wildman–Crippen LogP) is 2.18. The van der Waals surface area contributed by atoms with Crippen molar-refractivity contribution in [2.45, 2.75) is 18.9 Å². The summed E-state index contributed by atoms with van der Waals surface area (Å²) in [5.41, 5.74) is 2.68. The van der Waals surface area contributed by atoms with Crippen molar-refractivity contribution in [1.29, 1.82) is 0 Å². The number of hydrogen-bond acceptors (Lipinski definition) is 1. The fraction of sp³-hybridized carbons (Fsp3) is 0.364. The van der Waals surface area contributed by atoms with Crippen LogP contribution in [0.2, 0.25) is 0 Å². The molecule has 2 atom stereocenters. The number of benzene rings is 1. The van der Waals surface area contributed by atoms with E-state index in [1.807, 2.05) is 6.07 Å². The van der Waals surface area contributed by atoms with Crippen LogP contribution in [0, 0.1) is 5.92 Å². The van der Waals surface area contributed by atoms with Gasteiger partial charge in [0, 0.05) is 10.9 Å². The van der Waals surface area contributed by atoms with Gasteiger partial charge in [0.2, 0.25) is 5.91 Å². The highest BCUT2D eigenvalue weighted by molar-refractivity contribution is 9.10. The van der Waals surface area contributed by atoms with Crippen molar-refractivity contribution in [3.05, 3.63) is 33.8 Å². The molecule has 14 heavy (non-hydrogen) atoms. The van der Waals surface area contributed by atoms with Gasteiger partial charge in [0.15, 0.2) is 0 Å². The summed E-state index contributed by atoms with van der Waals surface area (Å²) < 4.78 is 1.18. The zero-order valence-corrected chi connectivity index (χ0v) is 9.17. The minimum atomic E-state index is 0.200. The zero-order valence-electron chi connectivity index (χ0n) is 7.59. The van der Waals surface area contributed by atoms with Crippen molar-refractivity contribution >= 4 is 21.8 Å². The first-order valence-electron chi connectivity index (χ1n) is 4.82. The molecular formula is C11H10BrNO. The molecule has 1 aliphatic heterocycles. The average molecular weight is 252 g/mol. The Morgan fingerprint density at radius 3 is 3.07 bits per heavy atom. The van der Waals surface area contributed by atoms with Gasteiger partial charge in [0.1, 0.15) is 0 Å². The van der Waals surface area contributed by atoms with Gasteiger partial charge in [-0.15, -0.1) is 0 Å². The van der Waals surface area contributed by atoms with E-state index in [1.54, 1.807) is 0 Å². The molecule has 1 N–H and O–H groups in total. The Morgan fingerprint density at radius 1 is 1.36 bits per heavy atom. The Hall–Kier alpha value is -0.830. The highest BCUT2D eigenvalue weighted by Crippen LogP contribution is 2.43. The fourth-order valence-corrected chi connectivity index (χ4v) is 3.12. The lowest BCUT2D eigenvalue weighted by Crippen LogP contribution is -2.18. The van der Waals surface area contributed by atoms with Crippen LogP contribution in [0.1, 0.15) is 23.6 Å². The van der Waals surface area contributed by atoms with Gasteiger partial charge >= 0.3 is 0 Å². The van der Waals surface area contributed by atoms with Crippen LogP contribution >= 0.6 is 15.9 Å². The number of rotatable bonds is 0. The van der Waals surface area contributed by atoms with Crippen LogP contribution in [0.15, 0.2) is 22.7 Å². The van der Waals surface area contributed by atoms with Gasteiger partial charge in [-0.2, -0.15) is 0 Å². The molecule has 0 radical (unpaired) electrons. The summed E-state index contributed by atoms with van der Waals surface area (Å²) in [6.45, 7) is 0. The van der Waals surface area contributed by atoms with Crippen LogP contribution < -0.4 is 5.32 Å². The summed E-state index contributed by atoms with van der Waals surface area (Å²) in [6, 6.07) is 6.50. The summed E-state index contributed by atoms with van der Waals surface area (Å²) in [5.74, 6) is 0.682. The van der Waals surface area contributed by atoms with Gasteiger partial charge < -0.3 is 5.32 Å². The molecule has 2 nitrogen and oxygen atoms in total. The quantitative estimate of drug-likeness (QED) is 0.753. The normalized spacial score (nSPS) is 28.5. The SMILES string of the molecule is O=C1C[C@H]2Cc3c(Br)cccc3C2N1. The fourth-order valence-electron chi connectivity index (χ4n) is 2.57. The Bertz CT molecular complexity index is 416. The van der Waals surface area contributed by atoms with E-state index in [4.69, 9.17) is 0 Å². The second-order valence-electron chi connectivity index (χ2n) is 4.02. The molecule has 2 aliphatic rings. The molecule has 3 rings (SSSR count). The molecule has 0 aromatic heterocycles. The van der Waals surface area contributed by atoms with E-state index < -0.39 is 0 Å². The molecule has 1 fully saturated rings. The lowest BCUT2D eigenvalue weighted by Gasteiger charge is -2.09. The van der Waals surface area contributed by atoms with E-state index in [-0.39, 0.29) is 11.9 Å². The largest absolute Gasteiger partial charge is 0.349 e. The van der Waals surface area contributed by atoms with Crippen molar-refractivity contribution in [3.63, 3.8) is 0 Å². The maximum Gasteiger partial charge on any atom is 0.220 e. The highest BCUT2D eigenvalue weighted by atomic mass is 79.9. The smallest absolute Gasteiger partial charge is 0.220 e. The number of amides is 1. The van der Waals surface area contributed by atoms with E-state index in [0.717, 1.165) is 6.42 Å². The Labute approximate surface area is 90.8 Å². The molecule has 1 saturated heterocycles. The van der Waals surface area contributed by atoms with Gasteiger partial charge in [-0.25, -0.2) is 0 Å². The third-order valence-corrected chi connectivity index (χ3v) is 3.93. The number of fused-ring (bicyclic) bond motifs is 3. The second kappa shape index (κ2) is 2.83. The summed E-state index contributed by atoms with van der Waals surface area (Å²) in [4.78, 5) is 11.2. The van der Waals surface area contributed by atoms with Crippen molar-refractivity contribution in [1.82, 2.24) is 5.32 Å². The molecule has 3 heteroatoms. The molecule has 1 aromatic carbocycles. The Balaban J connectivity index is 2.09. The van der Waals surface area contributed by atoms with E-state index in [0.29, 0.717) is 12.3 Å². The molecule has 1 amide bonds. The molecule has 0 bridgehead atoms. The van der Waals surface area contributed by atoms with Gasteiger partial charge in [-0.3, -0.25) is 4.79 Å². The summed E-state index contributed by atoms with van der Waals surface area (Å²) in [5, 5.41) is 3.04. The first kappa shape index (κ1) is 8.48. The average Bonchev–Trinajstić information content (AvgIpc) is 2.63. The summed E-state index contributed by atoms with van der Waals surface area (Å²) >= 11 is 3.56. The first-order chi connectivity index (χ1) is 6.75. The molecule has 0 spiro atoms. The van der Waals surface area contributed by atoms with Crippen LogP contribution in [-0.2, 0) is 11.2 Å². The summed E-state index contributed by atoms with van der Waals surface area (Å²) in [7, 11) is 0. The van der Waals surface area contributed by atoms with Crippen LogP contribution in [0.25, 0.3) is 0 Å². The number of hydrogen-bond donors (Lipinski definition) is 1. The molecule has 1 unspecified atom stereocenters. The number of halogens is 1. The number of carbonyl (C=O) groups excluding carboxylic acids is 1. The molecular weight excluding hydrogens is 242 g/mol. The second-order valence-corrected chi connectivity index (χ2v) is 4.88. The van der Waals surface area contributed by atoms with E-state index in [1.165, 1.54) is 15.6 Å². The van der Waals surface area contributed by atoms with Crippen molar-refractivity contribution in [3.8, 4) is 0 Å². The molecule has 72 valence electrons. The summed E-state index contributed by atoms with van der Waals surface area (Å²) in [6.07, 6.45) is 1.71. The van der Waals surface area contributed by atoms with Crippen molar-refractivity contribution in [2.75, 3.05) is 0 Å². The first-order valence-corrected chi connectivity index (χ1v) is 5.61. The van der Waals surface area contributed by atoms with Crippen LogP contribution in [0.4, 0.5) is 0 Å². The molecule has 1 aliphatic carbocycles. The predicted molar refractivity (Wildman–Crippen MR) is 56.8 cm³/mol. The lowest BCUT2D eigenvalue weighted by atomic mass is 10.0. The highest BCUT2D eigenvalue weighted by Gasteiger charge is 2.40. The molecule has 1 heterocycles. The lowest BCUT2D eigenvalue weighted by molar-refractivity contribution is -0.119. The topological polar surface area (TPSA) is 29.1 Å². The minimum Gasteiger partial charge on any atom is -0.349 e. The molecule has 1 aromatic rings. The van der Waals surface area contributed by atoms with Crippen LogP contribution in [0.5, 0.6) is 0 Å². The van der Waals surface area contributed by atoms with Crippen LogP contribution in [-0.4, -0.2) is 5.91 Å². The van der Waals surface area contributed by atoms with Crippen molar-refractivity contribution < 1.29 is 4.79 Å². The van der Waals surface area contributed by atoms with E-state index >= 15 is 0 Å². The minimum absolute atomic E-state index is 0.200. The molecule has 0 saturated carbocycles. The Morgan fingerprint density at radius 2 is 2.21 bits per heavy atom. The number of carbonyl (C=O) groups is 1. The van der Waals surface area contributed by atoms with Crippen LogP contribution in [0.3, 0.4) is 0 Å². The van der Waals surface area contributed by atoms with Gasteiger partial charge in [0.05, 0.1) is 6.04 Å². The number of nitrogens with one attached hydrogen (secondary N) is 1. The van der Waals surface area contributed by atoms with Gasteiger partial charge in [-0.1, -0.05) is 28.1 Å². The maximum atomic E-state index is 11.2. The standard InChI is InChI=1S/C11H10BrNO/c12-9-3-1-2-7-8(9)4-6-5-10(14)13-11(6)7/h1-3,6,11H,4-5H2,(H,13,14)/t6-,11?/m1/s1. The van der Waals surface area contributed by atoms with Crippen molar-refractivity contribution in [2.24, 2.45) is 5.92 Å².